The predicted molar refractivity (Wildman–Crippen MR) is 269 cm³/mol. The van der Waals surface area contributed by atoms with E-state index in [-0.39, 0.29) is 11.1 Å². The summed E-state index contributed by atoms with van der Waals surface area (Å²) in [5.41, 5.74) is -0.307. The molecule has 14 atom stereocenters. The summed E-state index contributed by atoms with van der Waals surface area (Å²) in [5, 5.41) is 0. The minimum absolute atomic E-state index is 0.154. The van der Waals surface area contributed by atoms with Crippen molar-refractivity contribution in [3.8, 4) is 0 Å². The van der Waals surface area contributed by atoms with Crippen LogP contribution in [0, 0.1) is 0 Å². The van der Waals surface area contributed by atoms with Crippen molar-refractivity contribution in [3.63, 3.8) is 0 Å². The van der Waals surface area contributed by atoms with E-state index in [1.807, 2.05) is 0 Å². The van der Waals surface area contributed by atoms with E-state index in [9.17, 15) is 4.79 Å². The van der Waals surface area contributed by atoms with Gasteiger partial charge < -0.3 is 83.4 Å². The zero-order valence-electron chi connectivity index (χ0n) is 47.2. The Morgan fingerprint density at radius 1 is 0.286 bits per heavy atom. The first-order valence-corrected chi connectivity index (χ1v) is 29.3. The maximum atomic E-state index is 12.9. The van der Waals surface area contributed by atoms with Crippen LogP contribution in [-0.4, -0.2) is 142 Å². The molecule has 0 radical (unpaired) electrons. The molecule has 0 aliphatic carbocycles. The van der Waals surface area contributed by atoms with E-state index in [1.165, 1.54) is 0 Å². The average Bonchev–Trinajstić information content (AvgIpc) is 3.29. The topological polar surface area (TPSA) is 183 Å². The van der Waals surface area contributed by atoms with Crippen molar-refractivity contribution in [2.24, 2.45) is 0 Å². The summed E-state index contributed by atoms with van der Waals surface area (Å²) in [6.07, 6.45) is 4.88. The third kappa shape index (κ3) is 31.3. The minimum Gasteiger partial charge on any atom is -0.356 e. The van der Waals surface area contributed by atoms with Gasteiger partial charge in [0.05, 0.1) is 0 Å². The number of unbranched alkanes of at least 4 members (excludes halogenated alkanes) is 8. The summed E-state index contributed by atoms with van der Waals surface area (Å²) in [7, 11) is 2.18. The van der Waals surface area contributed by atoms with Crippen molar-refractivity contribution in [1.82, 2.24) is 0 Å². The molecule has 0 N–H and O–H groups in total. The summed E-state index contributed by atoms with van der Waals surface area (Å²) in [4.78, 5) is 12.9. The SMILES string of the molecule is COC(C)OC(C)O[Si](OC(C)OC(C)OC)(OC(C)OC(C)OC)C(C)CCCCCCCC(=O)CCCCCCCC(C)[Si](OC(C)OC(C)OC)(OC(C)OC(C)OC)OC(C)OC(C)OC. The minimum atomic E-state index is -3.61. The van der Waals surface area contributed by atoms with Gasteiger partial charge in [-0.15, -0.1) is 0 Å². The normalized spacial score (nSPS) is 20.2. The van der Waals surface area contributed by atoms with Crippen LogP contribution >= 0.6 is 0 Å². The number of carbonyl (C=O) groups is 1. The second-order valence-electron chi connectivity index (χ2n) is 17.9. The summed E-state index contributed by atoms with van der Waals surface area (Å²) in [5.74, 6) is 0.321. The second kappa shape index (κ2) is 39.7. The highest BCUT2D eigenvalue weighted by atomic mass is 28.4. The molecule has 0 aromatic carbocycles. The van der Waals surface area contributed by atoms with Gasteiger partial charge in [-0.25, -0.2) is 0 Å². The van der Waals surface area contributed by atoms with Crippen LogP contribution in [0.1, 0.15) is 187 Å². The Morgan fingerprint density at radius 3 is 0.671 bits per heavy atom. The van der Waals surface area contributed by atoms with E-state index in [4.69, 9.17) is 83.4 Å². The Bertz CT molecular complexity index is 1070. The lowest BCUT2D eigenvalue weighted by Crippen LogP contribution is -2.56. The number of Topliss-reactive ketones (excluding diaryl/α,β-unsaturated/α-hetero) is 1. The predicted octanol–water partition coefficient (Wildman–Crippen LogP) is 10.9. The summed E-state index contributed by atoms with van der Waals surface area (Å²) >= 11 is 0. The smallest absolute Gasteiger partial charge is 0.356 e. The van der Waals surface area contributed by atoms with Gasteiger partial charge in [-0.05, 0) is 109 Å². The zero-order valence-corrected chi connectivity index (χ0v) is 49.2. The molecular formula is C49H102O19Si2. The molecule has 0 heterocycles. The fraction of sp³-hybridized carbons (Fsp3) is 0.980. The molecule has 0 aromatic heterocycles. The largest absolute Gasteiger partial charge is 0.509 e. The van der Waals surface area contributed by atoms with E-state index < -0.39 is 93.1 Å². The first kappa shape index (κ1) is 69.4. The van der Waals surface area contributed by atoms with Gasteiger partial charge in [0.15, 0.2) is 75.5 Å². The molecule has 420 valence electrons. The van der Waals surface area contributed by atoms with Crippen LogP contribution in [0.3, 0.4) is 0 Å². The first-order valence-electron chi connectivity index (χ1n) is 25.7. The van der Waals surface area contributed by atoms with Crippen LogP contribution < -0.4 is 0 Å². The molecule has 0 fully saturated rings. The van der Waals surface area contributed by atoms with Crippen LogP contribution in [0.2, 0.25) is 11.1 Å². The van der Waals surface area contributed by atoms with Crippen molar-refractivity contribution < 1.29 is 88.2 Å². The molecule has 0 aromatic rings. The number of ketones is 1. The van der Waals surface area contributed by atoms with Gasteiger partial charge in [-0.3, -0.25) is 4.79 Å². The number of ether oxygens (including phenoxy) is 12. The molecule has 0 rings (SSSR count). The lowest BCUT2D eigenvalue weighted by Gasteiger charge is -2.40. The van der Waals surface area contributed by atoms with Crippen molar-refractivity contribution in [2.45, 2.75) is 273 Å². The molecular weight excluding hydrogens is 949 g/mol. The number of hydrogen-bond acceptors (Lipinski definition) is 19. The monoisotopic (exact) mass is 1050 g/mol. The van der Waals surface area contributed by atoms with Gasteiger partial charge >= 0.3 is 17.6 Å². The van der Waals surface area contributed by atoms with E-state index in [0.29, 0.717) is 18.6 Å². The Balaban J connectivity index is 5.31. The Hall–Kier alpha value is -0.616. The third-order valence-electron chi connectivity index (χ3n) is 11.7. The third-order valence-corrected chi connectivity index (χ3v) is 18.6. The van der Waals surface area contributed by atoms with Crippen LogP contribution in [0.25, 0.3) is 0 Å². The zero-order chi connectivity index (χ0) is 53.3. The van der Waals surface area contributed by atoms with Crippen LogP contribution in [0.4, 0.5) is 0 Å². The maximum absolute atomic E-state index is 12.9. The fourth-order valence-electron chi connectivity index (χ4n) is 7.46. The summed E-state index contributed by atoms with van der Waals surface area (Å²) in [6, 6.07) is 0. The Morgan fingerprint density at radius 2 is 0.471 bits per heavy atom. The second-order valence-corrected chi connectivity index (χ2v) is 23.7. The molecule has 19 nitrogen and oxygen atoms in total. The highest BCUT2D eigenvalue weighted by Gasteiger charge is 2.53. The van der Waals surface area contributed by atoms with Crippen LogP contribution in [0.15, 0.2) is 0 Å². The molecule has 0 bridgehead atoms. The van der Waals surface area contributed by atoms with Crippen molar-refractivity contribution >= 4 is 23.4 Å². The van der Waals surface area contributed by atoms with Crippen LogP contribution in [-0.2, 0) is 88.2 Å². The van der Waals surface area contributed by atoms with Gasteiger partial charge in [0.1, 0.15) is 5.78 Å². The molecule has 70 heavy (non-hydrogen) atoms. The standard InChI is InChI=1S/C49H102O19Si2/c1-35(69(63-43(9)57-37(3)51-15,64-44(10)58-38(4)52-16)65-45(11)59-39(5)53-17)31-27-23-21-25-29-33-49(50)34-30-26-22-24-28-32-36(2)70(66-46(12)60-40(6)54-18,67-47(13)61-41(7)55-19)68-48(14)62-42(8)56-20/h35-48H,21-34H2,1-20H3. The number of rotatable bonds is 48. The van der Waals surface area contributed by atoms with E-state index in [2.05, 4.69) is 13.8 Å². The van der Waals surface area contributed by atoms with Crippen molar-refractivity contribution in [1.29, 1.82) is 0 Å². The van der Waals surface area contributed by atoms with Crippen molar-refractivity contribution in [2.75, 3.05) is 42.7 Å². The molecule has 14 unspecified atom stereocenters. The lowest BCUT2D eigenvalue weighted by molar-refractivity contribution is -0.255. The number of carbonyl (C=O) groups excluding carboxylic acids is 1. The van der Waals surface area contributed by atoms with Crippen LogP contribution in [0.5, 0.6) is 0 Å². The van der Waals surface area contributed by atoms with Gasteiger partial charge in [0.2, 0.25) is 0 Å². The van der Waals surface area contributed by atoms with Gasteiger partial charge in [0.25, 0.3) is 0 Å². The quantitative estimate of drug-likeness (QED) is 0.0318. The molecule has 0 saturated heterocycles. The lowest BCUT2D eigenvalue weighted by atomic mass is 10.0. The van der Waals surface area contributed by atoms with E-state index in [0.717, 1.165) is 77.0 Å². The molecule has 0 aliphatic rings. The van der Waals surface area contributed by atoms with Gasteiger partial charge in [-0.2, -0.15) is 0 Å². The van der Waals surface area contributed by atoms with Gasteiger partial charge in [0, 0.05) is 66.6 Å². The summed E-state index contributed by atoms with van der Waals surface area (Å²) < 4.78 is 107. The highest BCUT2D eigenvalue weighted by Crippen LogP contribution is 2.37. The fourth-order valence-corrected chi connectivity index (χ4v) is 13.4. The molecule has 0 amide bonds. The maximum Gasteiger partial charge on any atom is 0.509 e. The molecule has 0 aliphatic heterocycles. The number of methoxy groups -OCH3 is 6. The molecule has 21 heteroatoms. The Kier molecular flexibility index (Phi) is 39.4. The summed E-state index contributed by atoms with van der Waals surface area (Å²) in [6.45, 7) is 25.6. The highest BCUT2D eigenvalue weighted by molar-refractivity contribution is 6.62. The van der Waals surface area contributed by atoms with Gasteiger partial charge in [-0.1, -0.05) is 65.2 Å². The molecule has 0 saturated carbocycles. The van der Waals surface area contributed by atoms with Crippen molar-refractivity contribution in [3.05, 3.63) is 0 Å². The van der Waals surface area contributed by atoms with E-state index in [1.54, 1.807) is 126 Å². The average molecular weight is 1050 g/mol. The number of hydrogen-bond donors (Lipinski definition) is 0. The first-order chi connectivity index (χ1) is 33.0. The Labute approximate surface area is 426 Å². The van der Waals surface area contributed by atoms with E-state index >= 15 is 0 Å². The molecule has 0 spiro atoms.